The summed E-state index contributed by atoms with van der Waals surface area (Å²) in [6.07, 6.45) is 1.56. The van der Waals surface area contributed by atoms with E-state index in [1.165, 1.54) is 0 Å². The lowest BCUT2D eigenvalue weighted by Gasteiger charge is -2.10. The number of rotatable bonds is 5. The normalized spacial score (nSPS) is 10.7. The van der Waals surface area contributed by atoms with Crippen LogP contribution in [0.15, 0.2) is 12.3 Å². The van der Waals surface area contributed by atoms with E-state index in [1.54, 1.807) is 19.3 Å². The minimum Gasteiger partial charge on any atom is -0.475 e. The summed E-state index contributed by atoms with van der Waals surface area (Å²) in [6, 6.07) is 1.65. The lowest BCUT2D eigenvalue weighted by atomic mass is 10.2. The van der Waals surface area contributed by atoms with E-state index < -0.39 is 0 Å². The molecule has 0 atom stereocenters. The third-order valence-electron chi connectivity index (χ3n) is 1.86. The van der Waals surface area contributed by atoms with Crippen LogP contribution in [0.2, 0.25) is 0 Å². The molecule has 0 bridgehead atoms. The summed E-state index contributed by atoms with van der Waals surface area (Å²) >= 11 is 0. The topological polar surface area (TPSA) is 34.2 Å². The van der Waals surface area contributed by atoms with Gasteiger partial charge in [0, 0.05) is 18.3 Å². The average molecular weight is 212 g/mol. The van der Waals surface area contributed by atoms with Crippen LogP contribution in [-0.4, -0.2) is 18.6 Å². The molecule has 0 aliphatic carbocycles. The second-order valence-electron chi connectivity index (χ2n) is 3.82. The molecule has 0 unspecified atom stereocenters. The first-order valence-electron chi connectivity index (χ1n) is 5.06. The van der Waals surface area contributed by atoms with Crippen molar-refractivity contribution < 1.29 is 9.13 Å². The van der Waals surface area contributed by atoms with Gasteiger partial charge in [-0.25, -0.2) is 9.37 Å². The van der Waals surface area contributed by atoms with Crippen LogP contribution >= 0.6 is 0 Å². The first-order valence-corrected chi connectivity index (χ1v) is 5.06. The first kappa shape index (κ1) is 11.9. The molecule has 0 radical (unpaired) electrons. The van der Waals surface area contributed by atoms with Crippen molar-refractivity contribution in [1.82, 2.24) is 10.3 Å². The molecule has 4 heteroatoms. The van der Waals surface area contributed by atoms with E-state index in [2.05, 4.69) is 10.3 Å². The van der Waals surface area contributed by atoms with Gasteiger partial charge >= 0.3 is 0 Å². The zero-order valence-corrected chi connectivity index (χ0v) is 9.38. The van der Waals surface area contributed by atoms with Gasteiger partial charge in [-0.05, 0) is 19.0 Å². The zero-order chi connectivity index (χ0) is 11.3. The monoisotopic (exact) mass is 212 g/mol. The maximum atomic E-state index is 13.7. The lowest BCUT2D eigenvalue weighted by Crippen LogP contribution is -2.11. The number of nitrogens with zero attached hydrogens (tertiary/aromatic N) is 1. The van der Waals surface area contributed by atoms with Crippen molar-refractivity contribution in [2.75, 3.05) is 13.7 Å². The maximum Gasteiger partial charge on any atom is 0.250 e. The Balaban J connectivity index is 2.75. The highest BCUT2D eigenvalue weighted by Gasteiger charge is 2.10. The van der Waals surface area contributed by atoms with Crippen LogP contribution in [0, 0.1) is 11.7 Å². The Morgan fingerprint density at radius 2 is 2.27 bits per heavy atom. The average Bonchev–Trinajstić information content (AvgIpc) is 2.19. The molecule has 84 valence electrons. The van der Waals surface area contributed by atoms with Gasteiger partial charge in [-0.15, -0.1) is 0 Å². The molecular formula is C11H17FN2O. The molecule has 1 rings (SSSR count). The van der Waals surface area contributed by atoms with Crippen LogP contribution in [-0.2, 0) is 6.54 Å². The molecule has 0 saturated heterocycles. The third kappa shape index (κ3) is 3.47. The van der Waals surface area contributed by atoms with E-state index >= 15 is 0 Å². The first-order chi connectivity index (χ1) is 7.15. The van der Waals surface area contributed by atoms with Gasteiger partial charge in [0.2, 0.25) is 0 Å². The van der Waals surface area contributed by atoms with Gasteiger partial charge in [-0.2, -0.15) is 0 Å². The van der Waals surface area contributed by atoms with E-state index in [9.17, 15) is 4.39 Å². The summed E-state index contributed by atoms with van der Waals surface area (Å²) in [4.78, 5) is 3.87. The summed E-state index contributed by atoms with van der Waals surface area (Å²) in [5, 5.41) is 2.89. The van der Waals surface area contributed by atoms with Gasteiger partial charge in [0.15, 0.2) is 5.82 Å². The Morgan fingerprint density at radius 1 is 1.53 bits per heavy atom. The highest BCUT2D eigenvalue weighted by atomic mass is 19.1. The molecule has 1 aromatic heterocycles. The van der Waals surface area contributed by atoms with Crippen molar-refractivity contribution in [1.29, 1.82) is 0 Å². The number of hydrogen-bond donors (Lipinski definition) is 1. The lowest BCUT2D eigenvalue weighted by molar-refractivity contribution is 0.248. The quantitative estimate of drug-likeness (QED) is 0.810. The van der Waals surface area contributed by atoms with Crippen molar-refractivity contribution in [3.63, 3.8) is 0 Å². The molecular weight excluding hydrogens is 195 g/mol. The van der Waals surface area contributed by atoms with Gasteiger partial charge in [0.05, 0.1) is 6.61 Å². The molecule has 15 heavy (non-hydrogen) atoms. The summed E-state index contributed by atoms with van der Waals surface area (Å²) < 4.78 is 19.0. The molecule has 0 aliphatic heterocycles. The Kier molecular flexibility index (Phi) is 4.49. The fourth-order valence-corrected chi connectivity index (χ4v) is 1.14. The highest BCUT2D eigenvalue weighted by Crippen LogP contribution is 2.17. The van der Waals surface area contributed by atoms with Crippen LogP contribution in [0.4, 0.5) is 4.39 Å². The molecule has 0 amide bonds. The number of nitrogens with one attached hydrogen (secondary N) is 1. The molecule has 0 fully saturated rings. The smallest absolute Gasteiger partial charge is 0.250 e. The number of aromatic nitrogens is 1. The molecule has 3 nitrogen and oxygen atoms in total. The SMILES string of the molecule is CNCc1ccnc(OCC(C)C)c1F. The number of halogens is 1. The van der Waals surface area contributed by atoms with Crippen LogP contribution < -0.4 is 10.1 Å². The van der Waals surface area contributed by atoms with Crippen LogP contribution in [0.1, 0.15) is 19.4 Å². The van der Waals surface area contributed by atoms with Crippen LogP contribution in [0.25, 0.3) is 0 Å². The van der Waals surface area contributed by atoms with Gasteiger partial charge < -0.3 is 10.1 Å². The van der Waals surface area contributed by atoms with E-state index in [-0.39, 0.29) is 11.7 Å². The molecule has 0 saturated carbocycles. The summed E-state index contributed by atoms with van der Waals surface area (Å²) in [6.45, 7) is 4.98. The minimum absolute atomic E-state index is 0.0939. The molecule has 1 aromatic rings. The second-order valence-corrected chi connectivity index (χ2v) is 3.82. The third-order valence-corrected chi connectivity index (χ3v) is 1.86. The van der Waals surface area contributed by atoms with Crippen molar-refractivity contribution >= 4 is 0 Å². The molecule has 1 N–H and O–H groups in total. The fourth-order valence-electron chi connectivity index (χ4n) is 1.14. The Hall–Kier alpha value is -1.16. The number of hydrogen-bond acceptors (Lipinski definition) is 3. The van der Waals surface area contributed by atoms with Crippen molar-refractivity contribution in [2.45, 2.75) is 20.4 Å². The van der Waals surface area contributed by atoms with Gasteiger partial charge in [-0.1, -0.05) is 13.8 Å². The van der Waals surface area contributed by atoms with Crippen LogP contribution in [0.5, 0.6) is 5.88 Å². The highest BCUT2D eigenvalue weighted by molar-refractivity contribution is 5.23. The van der Waals surface area contributed by atoms with Crippen molar-refractivity contribution in [3.05, 3.63) is 23.6 Å². The minimum atomic E-state index is -0.368. The summed E-state index contributed by atoms with van der Waals surface area (Å²) in [5.41, 5.74) is 0.575. The fraction of sp³-hybridized carbons (Fsp3) is 0.545. The summed E-state index contributed by atoms with van der Waals surface area (Å²) in [7, 11) is 1.77. The number of ether oxygens (including phenoxy) is 1. The standard InChI is InChI=1S/C11H17FN2O/c1-8(2)7-15-11-10(12)9(6-13-3)4-5-14-11/h4-5,8,13H,6-7H2,1-3H3. The predicted molar refractivity (Wildman–Crippen MR) is 57.3 cm³/mol. The largest absolute Gasteiger partial charge is 0.475 e. The van der Waals surface area contributed by atoms with Gasteiger partial charge in [-0.3, -0.25) is 0 Å². The van der Waals surface area contributed by atoms with Crippen LogP contribution in [0.3, 0.4) is 0 Å². The van der Waals surface area contributed by atoms with E-state index in [1.807, 2.05) is 13.8 Å². The number of pyridine rings is 1. The van der Waals surface area contributed by atoms with Gasteiger partial charge in [0.25, 0.3) is 5.88 Å². The van der Waals surface area contributed by atoms with Crippen molar-refractivity contribution in [3.8, 4) is 5.88 Å². The summed E-state index contributed by atoms with van der Waals surface area (Å²) in [5.74, 6) is 0.0862. The Labute approximate surface area is 89.7 Å². The second kappa shape index (κ2) is 5.66. The predicted octanol–water partition coefficient (Wildman–Crippen LogP) is 1.97. The maximum absolute atomic E-state index is 13.7. The Morgan fingerprint density at radius 3 is 2.87 bits per heavy atom. The van der Waals surface area contributed by atoms with Gasteiger partial charge in [0.1, 0.15) is 0 Å². The van der Waals surface area contributed by atoms with E-state index in [0.29, 0.717) is 24.6 Å². The molecule has 1 heterocycles. The molecule has 0 spiro atoms. The molecule has 0 aromatic carbocycles. The Bertz CT molecular complexity index is 315. The zero-order valence-electron chi connectivity index (χ0n) is 9.38. The van der Waals surface area contributed by atoms with E-state index in [0.717, 1.165) is 0 Å². The molecule has 0 aliphatic rings. The van der Waals surface area contributed by atoms with E-state index in [4.69, 9.17) is 4.74 Å². The van der Waals surface area contributed by atoms with Crippen molar-refractivity contribution in [2.24, 2.45) is 5.92 Å².